The molecule has 0 aromatic heterocycles. The molecule has 2 atom stereocenters. The number of halogens is 1. The highest BCUT2D eigenvalue weighted by Gasteiger charge is 2.32. The molecule has 0 spiro atoms. The van der Waals surface area contributed by atoms with Gasteiger partial charge in [0.15, 0.2) is 0 Å². The van der Waals surface area contributed by atoms with E-state index >= 15 is 0 Å². The third kappa shape index (κ3) is 10.8. The summed E-state index contributed by atoms with van der Waals surface area (Å²) in [6.45, 7) is 2.97. The molecule has 41 heavy (non-hydrogen) atoms. The number of amidine groups is 1. The molecule has 226 valence electrons. The second-order valence-electron chi connectivity index (χ2n) is 8.75. The maximum Gasteiger partial charge on any atom is 0.300 e. The van der Waals surface area contributed by atoms with Gasteiger partial charge in [-0.2, -0.15) is 4.31 Å². The van der Waals surface area contributed by atoms with Gasteiger partial charge in [-0.3, -0.25) is 19.8 Å². The summed E-state index contributed by atoms with van der Waals surface area (Å²) in [5, 5.41) is 29.4. The Labute approximate surface area is 247 Å². The molecule has 1 fully saturated rings. The number of carbonyl (C=O) groups excluding carboxylic acids is 2. The lowest BCUT2D eigenvalue weighted by Crippen LogP contribution is -2.46. The molecule has 2 aromatic rings. The number of aliphatic carboxylic acids is 1. The molecule has 1 heterocycles. The van der Waals surface area contributed by atoms with E-state index in [1.54, 1.807) is 43.3 Å². The number of rotatable bonds is 9. The van der Waals surface area contributed by atoms with Crippen LogP contribution in [0.25, 0.3) is 0 Å². The van der Waals surface area contributed by atoms with E-state index in [1.165, 1.54) is 10.4 Å². The minimum absolute atomic E-state index is 0. The maximum atomic E-state index is 13.1. The zero-order valence-electron chi connectivity index (χ0n) is 21.9. The minimum Gasteiger partial charge on any atom is -0.481 e. The van der Waals surface area contributed by atoms with Crippen molar-refractivity contribution in [2.45, 2.75) is 44.7 Å². The smallest absolute Gasteiger partial charge is 0.300 e. The second kappa shape index (κ2) is 16.2. The average molecular weight is 659 g/mol. The lowest BCUT2D eigenvalue weighted by Gasteiger charge is -2.31. The summed E-state index contributed by atoms with van der Waals surface area (Å²) in [4.78, 5) is 33.7. The molecule has 1 unspecified atom stereocenters. The van der Waals surface area contributed by atoms with E-state index in [4.69, 9.17) is 25.8 Å². The summed E-state index contributed by atoms with van der Waals surface area (Å²) >= 11 is 3.32. The molecule has 1 aliphatic heterocycles. The predicted octanol–water partition coefficient (Wildman–Crippen LogP) is 2.05. The van der Waals surface area contributed by atoms with Gasteiger partial charge in [0.2, 0.25) is 21.8 Å². The number of anilines is 1. The van der Waals surface area contributed by atoms with Crippen LogP contribution in [-0.4, -0.2) is 79.0 Å². The Kier molecular flexibility index (Phi) is 14.1. The van der Waals surface area contributed by atoms with E-state index in [0.717, 1.165) is 6.92 Å². The van der Waals surface area contributed by atoms with Gasteiger partial charge in [-0.15, -0.1) is 0 Å². The van der Waals surface area contributed by atoms with Crippen molar-refractivity contribution in [1.82, 2.24) is 9.62 Å². The molecule has 1 aliphatic rings. The molecule has 7 N–H and O–H groups in total. The van der Waals surface area contributed by atoms with Crippen molar-refractivity contribution in [3.05, 3.63) is 58.1 Å². The Hall–Kier alpha value is -3.37. The number of sulfonamides is 1. The zero-order valence-corrected chi connectivity index (χ0v) is 24.3. The zero-order chi connectivity index (χ0) is 30.0. The van der Waals surface area contributed by atoms with Crippen LogP contribution in [0.4, 0.5) is 5.69 Å². The van der Waals surface area contributed by atoms with Gasteiger partial charge in [-0.05, 0) is 64.8 Å². The van der Waals surface area contributed by atoms with Crippen molar-refractivity contribution in [3.8, 4) is 0 Å². The first-order valence-electron chi connectivity index (χ1n) is 12.0. The number of hydrogen-bond acceptors (Lipinski definition) is 8. The van der Waals surface area contributed by atoms with Crippen LogP contribution in [0.2, 0.25) is 0 Å². The van der Waals surface area contributed by atoms with Crippen LogP contribution >= 0.6 is 15.9 Å². The number of nitrogens with one attached hydrogen (secondary N) is 3. The van der Waals surface area contributed by atoms with Crippen LogP contribution in [0, 0.1) is 5.41 Å². The Bertz CT molecular complexity index is 1330. The highest BCUT2D eigenvalue weighted by atomic mass is 79.9. The standard InChI is InChI=1S/C23H28BrN5O6S.C2H4O2.CH4/c1-14(27-21(31)11-22(32)28-17-5-2-15(3-6-17)23(25)26)16-4-7-20(19(24)10-16)36(33,34)29-8-9-35-18(12-29)13-30;1-2(3)4;/h2-7,10,14,18,30H,8-9,11-13H2,1H3,(H3,25,26)(H,27,31)(H,28,32);1H3,(H,3,4);1H4/t14-,18?;;/m0../s1. The fourth-order valence-corrected chi connectivity index (χ4v) is 6.13. The quantitative estimate of drug-likeness (QED) is 0.132. The minimum atomic E-state index is -3.82. The molecule has 2 amide bonds. The van der Waals surface area contributed by atoms with Crippen molar-refractivity contribution >= 4 is 55.3 Å². The van der Waals surface area contributed by atoms with Crippen molar-refractivity contribution in [1.29, 1.82) is 5.41 Å². The molecule has 13 nitrogen and oxygen atoms in total. The number of ether oxygens (including phenoxy) is 1. The SMILES string of the molecule is C.CC(=O)O.C[C@H](NC(=O)CC(=O)Nc1ccc(C(=N)N)cc1)c1ccc(S(=O)(=O)N2CCOC(CO)C2)c(Br)c1. The summed E-state index contributed by atoms with van der Waals surface area (Å²) < 4.78 is 33.1. The first-order chi connectivity index (χ1) is 18.7. The molecule has 0 aliphatic carbocycles. The van der Waals surface area contributed by atoms with Crippen LogP contribution < -0.4 is 16.4 Å². The summed E-state index contributed by atoms with van der Waals surface area (Å²) in [5.41, 5.74) is 7.03. The number of amides is 2. The number of carboxylic acid groups (broad SMARTS) is 1. The third-order valence-electron chi connectivity index (χ3n) is 5.56. The molecule has 0 radical (unpaired) electrons. The van der Waals surface area contributed by atoms with Crippen LogP contribution in [0.1, 0.15) is 44.9 Å². The fourth-order valence-electron chi connectivity index (χ4n) is 3.62. The molecular formula is C26H36BrN5O8S. The van der Waals surface area contributed by atoms with Gasteiger partial charge in [-0.1, -0.05) is 13.5 Å². The number of hydrogen-bond donors (Lipinski definition) is 6. The van der Waals surface area contributed by atoms with Gasteiger partial charge in [0.25, 0.3) is 5.97 Å². The van der Waals surface area contributed by atoms with E-state index in [0.29, 0.717) is 21.3 Å². The molecule has 0 bridgehead atoms. The van der Waals surface area contributed by atoms with E-state index in [9.17, 15) is 23.1 Å². The van der Waals surface area contributed by atoms with Crippen LogP contribution in [0.3, 0.4) is 0 Å². The summed E-state index contributed by atoms with van der Waals surface area (Å²) in [7, 11) is -3.82. The van der Waals surface area contributed by atoms with Gasteiger partial charge >= 0.3 is 0 Å². The number of benzene rings is 2. The van der Waals surface area contributed by atoms with Crippen molar-refractivity contribution < 1.29 is 37.8 Å². The molecule has 15 heteroatoms. The number of nitrogen functional groups attached to an aromatic ring is 1. The fraction of sp³-hybridized carbons (Fsp3) is 0.385. The Morgan fingerprint density at radius 3 is 2.34 bits per heavy atom. The first-order valence-corrected chi connectivity index (χ1v) is 14.2. The number of morpholine rings is 1. The van der Waals surface area contributed by atoms with Gasteiger partial charge in [-0.25, -0.2) is 8.42 Å². The van der Waals surface area contributed by atoms with Gasteiger partial charge in [0, 0.05) is 35.7 Å². The van der Waals surface area contributed by atoms with Gasteiger partial charge < -0.3 is 31.3 Å². The normalized spacial score (nSPS) is 15.8. The largest absolute Gasteiger partial charge is 0.481 e. The monoisotopic (exact) mass is 657 g/mol. The summed E-state index contributed by atoms with van der Waals surface area (Å²) in [5.74, 6) is -1.93. The predicted molar refractivity (Wildman–Crippen MR) is 157 cm³/mol. The number of aliphatic hydroxyl groups is 1. The lowest BCUT2D eigenvalue weighted by atomic mass is 10.1. The Morgan fingerprint density at radius 2 is 1.80 bits per heavy atom. The van der Waals surface area contributed by atoms with Crippen LogP contribution in [0.5, 0.6) is 0 Å². The highest BCUT2D eigenvalue weighted by Crippen LogP contribution is 2.29. The van der Waals surface area contributed by atoms with Crippen LogP contribution in [-0.2, 0) is 29.1 Å². The third-order valence-corrected chi connectivity index (χ3v) is 8.40. The first kappa shape index (κ1) is 35.7. The highest BCUT2D eigenvalue weighted by molar-refractivity contribution is 9.10. The van der Waals surface area contributed by atoms with E-state index in [1.807, 2.05) is 0 Å². The van der Waals surface area contributed by atoms with Crippen molar-refractivity contribution in [3.63, 3.8) is 0 Å². The molecule has 2 aromatic carbocycles. The summed E-state index contributed by atoms with van der Waals surface area (Å²) in [6.07, 6.45) is -0.978. The van der Waals surface area contributed by atoms with Crippen LogP contribution in [0.15, 0.2) is 51.8 Å². The topological polar surface area (TPSA) is 212 Å². The number of aliphatic hydroxyl groups excluding tert-OH is 1. The van der Waals surface area contributed by atoms with Crippen molar-refractivity contribution in [2.24, 2.45) is 5.73 Å². The molecule has 3 rings (SSSR count). The lowest BCUT2D eigenvalue weighted by molar-refractivity contribution is -0.134. The van der Waals surface area contributed by atoms with Crippen molar-refractivity contribution in [2.75, 3.05) is 31.6 Å². The number of carbonyl (C=O) groups is 3. The molecule has 1 saturated heterocycles. The van der Waals surface area contributed by atoms with Gasteiger partial charge in [0.05, 0.1) is 30.3 Å². The average Bonchev–Trinajstić information content (AvgIpc) is 2.88. The maximum absolute atomic E-state index is 13.1. The summed E-state index contributed by atoms with van der Waals surface area (Å²) in [6, 6.07) is 10.5. The van der Waals surface area contributed by atoms with Gasteiger partial charge in [0.1, 0.15) is 12.3 Å². The molecule has 0 saturated carbocycles. The second-order valence-corrected chi connectivity index (χ2v) is 11.5. The molecular weight excluding hydrogens is 622 g/mol. The van der Waals surface area contributed by atoms with E-state index in [2.05, 4.69) is 26.6 Å². The number of nitrogens with zero attached hydrogens (tertiary/aromatic N) is 1. The number of nitrogens with two attached hydrogens (primary N) is 1. The Morgan fingerprint density at radius 1 is 1.20 bits per heavy atom. The van der Waals surface area contributed by atoms with E-state index in [-0.39, 0.29) is 44.5 Å². The number of carboxylic acids is 1. The van der Waals surface area contributed by atoms with E-state index < -0.39 is 46.4 Å². The Balaban J connectivity index is 0.00000157.